The van der Waals surface area contributed by atoms with Gasteiger partial charge in [-0.2, -0.15) is 5.26 Å². The van der Waals surface area contributed by atoms with Crippen molar-refractivity contribution in [3.63, 3.8) is 0 Å². The average molecular weight is 394 g/mol. The van der Waals surface area contributed by atoms with E-state index in [1.165, 1.54) is 18.2 Å². The van der Waals surface area contributed by atoms with Crippen LogP contribution in [0, 0.1) is 17.1 Å². The molecule has 1 N–H and O–H groups in total. The van der Waals surface area contributed by atoms with Gasteiger partial charge in [-0.25, -0.2) is 9.18 Å². The Balaban J connectivity index is 1.51. The third-order valence-electron chi connectivity index (χ3n) is 6.05. The highest BCUT2D eigenvalue weighted by atomic mass is 19.1. The lowest BCUT2D eigenvalue weighted by Crippen LogP contribution is -2.58. The summed E-state index contributed by atoms with van der Waals surface area (Å²) in [7, 11) is 0. The second-order valence-electron chi connectivity index (χ2n) is 7.93. The van der Waals surface area contributed by atoms with Crippen LogP contribution in [-0.4, -0.2) is 28.2 Å². The van der Waals surface area contributed by atoms with Crippen molar-refractivity contribution in [2.75, 3.05) is 0 Å². The van der Waals surface area contributed by atoms with Crippen molar-refractivity contribution in [2.24, 2.45) is 0 Å². The first kappa shape index (κ1) is 19.4. The number of rotatable bonds is 3. The number of nitriles is 1. The molecule has 0 spiro atoms. The number of nitrogens with zero attached hydrogens (tertiary/aromatic N) is 2. The summed E-state index contributed by atoms with van der Waals surface area (Å²) in [6.45, 7) is 0.212. The van der Waals surface area contributed by atoms with Crippen LogP contribution in [0.1, 0.15) is 48.8 Å². The Morgan fingerprint density at radius 3 is 2.55 bits per heavy atom. The molecule has 2 unspecified atom stereocenters. The number of carbonyl (C=O) groups excluding carboxylic acids is 1. The van der Waals surface area contributed by atoms with Gasteiger partial charge in [0.05, 0.1) is 11.2 Å². The maximum atomic E-state index is 13.7. The van der Waals surface area contributed by atoms with Crippen LogP contribution in [0.4, 0.5) is 9.18 Å². The minimum Gasteiger partial charge on any atom is -0.445 e. The zero-order valence-corrected chi connectivity index (χ0v) is 16.1. The van der Waals surface area contributed by atoms with Gasteiger partial charge in [0.1, 0.15) is 18.5 Å². The molecule has 2 aromatic carbocycles. The van der Waals surface area contributed by atoms with Crippen LogP contribution >= 0.6 is 0 Å². The maximum Gasteiger partial charge on any atom is 0.410 e. The zero-order valence-electron chi connectivity index (χ0n) is 16.1. The van der Waals surface area contributed by atoms with Crippen molar-refractivity contribution in [1.29, 1.82) is 5.26 Å². The molecular formula is C23H23FN2O3. The minimum atomic E-state index is -1.19. The molecule has 2 heterocycles. The summed E-state index contributed by atoms with van der Waals surface area (Å²) in [5.41, 5.74) is 0.191. The fourth-order valence-electron chi connectivity index (χ4n) is 4.66. The van der Waals surface area contributed by atoms with Gasteiger partial charge in [-0.3, -0.25) is 0 Å². The van der Waals surface area contributed by atoms with E-state index in [0.717, 1.165) is 24.8 Å². The second kappa shape index (κ2) is 7.84. The normalized spacial score (nSPS) is 25.9. The van der Waals surface area contributed by atoms with E-state index in [-0.39, 0.29) is 30.3 Å². The van der Waals surface area contributed by atoms with Gasteiger partial charge in [0.15, 0.2) is 0 Å². The topological polar surface area (TPSA) is 73.6 Å². The molecule has 5 nitrogen and oxygen atoms in total. The highest BCUT2D eigenvalue weighted by molar-refractivity contribution is 5.69. The lowest BCUT2D eigenvalue weighted by molar-refractivity contribution is -0.0896. The van der Waals surface area contributed by atoms with E-state index < -0.39 is 11.4 Å². The molecule has 29 heavy (non-hydrogen) atoms. The average Bonchev–Trinajstić information content (AvgIpc) is 2.72. The van der Waals surface area contributed by atoms with Crippen LogP contribution in [-0.2, 0) is 16.9 Å². The summed E-state index contributed by atoms with van der Waals surface area (Å²) in [6, 6.07) is 15.2. The summed E-state index contributed by atoms with van der Waals surface area (Å²) in [5.74, 6) is -0.595. The van der Waals surface area contributed by atoms with Crippen molar-refractivity contribution in [2.45, 2.75) is 56.4 Å². The van der Waals surface area contributed by atoms with Crippen molar-refractivity contribution >= 4 is 6.09 Å². The predicted octanol–water partition coefficient (Wildman–Crippen LogP) is 4.24. The van der Waals surface area contributed by atoms with E-state index in [1.54, 1.807) is 4.90 Å². The first-order valence-corrected chi connectivity index (χ1v) is 9.92. The summed E-state index contributed by atoms with van der Waals surface area (Å²) >= 11 is 0. The molecule has 2 aliphatic heterocycles. The summed E-state index contributed by atoms with van der Waals surface area (Å²) < 4.78 is 19.3. The van der Waals surface area contributed by atoms with Gasteiger partial charge in [-0.05, 0) is 42.5 Å². The highest BCUT2D eigenvalue weighted by Crippen LogP contribution is 2.44. The first-order valence-electron chi connectivity index (χ1n) is 9.92. The van der Waals surface area contributed by atoms with Gasteiger partial charge < -0.3 is 14.7 Å². The van der Waals surface area contributed by atoms with E-state index in [2.05, 4.69) is 0 Å². The molecular weight excluding hydrogens is 371 g/mol. The third kappa shape index (κ3) is 3.83. The fraction of sp³-hybridized carbons (Fsp3) is 0.391. The number of fused-ring (bicyclic) bond motifs is 2. The van der Waals surface area contributed by atoms with Crippen LogP contribution in [0.25, 0.3) is 0 Å². The van der Waals surface area contributed by atoms with Gasteiger partial charge in [0.25, 0.3) is 0 Å². The van der Waals surface area contributed by atoms with Crippen LogP contribution in [0.2, 0.25) is 0 Å². The van der Waals surface area contributed by atoms with Gasteiger partial charge >= 0.3 is 6.09 Å². The molecule has 1 amide bonds. The van der Waals surface area contributed by atoms with Crippen LogP contribution in [0.5, 0.6) is 0 Å². The Morgan fingerprint density at radius 2 is 1.90 bits per heavy atom. The molecule has 2 aliphatic rings. The smallest absolute Gasteiger partial charge is 0.410 e. The molecule has 4 rings (SSSR count). The van der Waals surface area contributed by atoms with Gasteiger partial charge in [0.2, 0.25) is 0 Å². The van der Waals surface area contributed by atoms with Gasteiger partial charge in [0, 0.05) is 24.9 Å². The maximum absolute atomic E-state index is 13.7. The summed E-state index contributed by atoms with van der Waals surface area (Å²) in [4.78, 5) is 14.6. The van der Waals surface area contributed by atoms with Crippen molar-refractivity contribution < 1.29 is 19.0 Å². The van der Waals surface area contributed by atoms with Crippen molar-refractivity contribution in [3.8, 4) is 6.07 Å². The number of hydrogen-bond acceptors (Lipinski definition) is 4. The molecule has 2 saturated heterocycles. The predicted molar refractivity (Wildman–Crippen MR) is 104 cm³/mol. The van der Waals surface area contributed by atoms with E-state index in [1.807, 2.05) is 36.4 Å². The Kier molecular flexibility index (Phi) is 5.25. The number of halogens is 1. The van der Waals surface area contributed by atoms with E-state index >= 15 is 0 Å². The van der Waals surface area contributed by atoms with E-state index in [4.69, 9.17) is 10.00 Å². The van der Waals surface area contributed by atoms with Crippen molar-refractivity contribution in [3.05, 3.63) is 71.0 Å². The molecule has 0 aromatic heterocycles. The van der Waals surface area contributed by atoms with Crippen molar-refractivity contribution in [1.82, 2.24) is 4.90 Å². The molecule has 2 atom stereocenters. The molecule has 0 aliphatic carbocycles. The third-order valence-corrected chi connectivity index (χ3v) is 6.05. The van der Waals surface area contributed by atoms with Gasteiger partial charge in [-0.1, -0.05) is 36.4 Å². The molecule has 150 valence electrons. The molecule has 2 bridgehead atoms. The molecule has 0 saturated carbocycles. The summed E-state index contributed by atoms with van der Waals surface area (Å²) in [5, 5.41) is 20.5. The number of carbonyl (C=O) groups is 1. The largest absolute Gasteiger partial charge is 0.445 e. The minimum absolute atomic E-state index is 0.0780. The lowest BCUT2D eigenvalue weighted by Gasteiger charge is -2.51. The highest BCUT2D eigenvalue weighted by Gasteiger charge is 2.48. The number of amides is 1. The van der Waals surface area contributed by atoms with Crippen LogP contribution in [0.15, 0.2) is 48.5 Å². The number of benzene rings is 2. The standard InChI is InChI=1S/C23H23FN2O3/c24-21-10-9-18(11-17(21)14-25)23(28)12-19-7-4-8-20(13-23)26(19)22(27)29-15-16-5-2-1-3-6-16/h1-3,5-6,9-11,19-20,28H,4,7-8,12-13,15H2. The number of aliphatic hydroxyl groups is 1. The summed E-state index contributed by atoms with van der Waals surface area (Å²) in [6.07, 6.45) is 2.89. The van der Waals surface area contributed by atoms with E-state index in [0.29, 0.717) is 18.4 Å². The zero-order chi connectivity index (χ0) is 20.4. The van der Waals surface area contributed by atoms with Crippen LogP contribution in [0.3, 0.4) is 0 Å². The first-order chi connectivity index (χ1) is 14.0. The Labute approximate surface area is 169 Å². The second-order valence-corrected chi connectivity index (χ2v) is 7.93. The molecule has 6 heteroatoms. The fourth-order valence-corrected chi connectivity index (χ4v) is 4.66. The Bertz CT molecular complexity index is 927. The van der Waals surface area contributed by atoms with Crippen LogP contribution < -0.4 is 0 Å². The molecule has 2 aromatic rings. The number of ether oxygens (including phenoxy) is 1. The SMILES string of the molecule is N#Cc1cc(C2(O)CC3CCCC(C2)N3C(=O)OCc2ccccc2)ccc1F. The lowest BCUT2D eigenvalue weighted by atomic mass is 9.72. The monoisotopic (exact) mass is 394 g/mol. The molecule has 0 radical (unpaired) electrons. The number of piperidine rings is 2. The Hall–Kier alpha value is -2.91. The van der Waals surface area contributed by atoms with Gasteiger partial charge in [-0.15, -0.1) is 0 Å². The quantitative estimate of drug-likeness (QED) is 0.845. The van der Waals surface area contributed by atoms with E-state index in [9.17, 15) is 14.3 Å². The molecule has 2 fully saturated rings. The Morgan fingerprint density at radius 1 is 1.21 bits per heavy atom. The number of hydrogen-bond donors (Lipinski definition) is 1.